The fourth-order valence-electron chi connectivity index (χ4n) is 4.06. The molecule has 1 aliphatic rings. The van der Waals surface area contributed by atoms with E-state index in [1.165, 1.54) is 28.0 Å². The molecule has 3 heterocycles. The van der Waals surface area contributed by atoms with Gasteiger partial charge >= 0.3 is 5.97 Å². The Morgan fingerprint density at radius 3 is 2.91 bits per heavy atom. The number of hydrogen-bond acceptors (Lipinski definition) is 9. The van der Waals surface area contributed by atoms with Crippen molar-refractivity contribution in [3.8, 4) is 0 Å². The monoisotopic (exact) mass is 450 g/mol. The molecule has 0 atom stereocenters. The van der Waals surface area contributed by atoms with Crippen LogP contribution in [0.15, 0.2) is 29.1 Å². The van der Waals surface area contributed by atoms with E-state index in [2.05, 4.69) is 20.3 Å². The van der Waals surface area contributed by atoms with Gasteiger partial charge in [-0.25, -0.2) is 14.6 Å². The third kappa shape index (κ3) is 3.93. The number of nitrogen functional groups attached to an aromatic ring is 1. The molecule has 1 aliphatic carbocycles. The van der Waals surface area contributed by atoms with E-state index in [1.807, 2.05) is 0 Å². The van der Waals surface area contributed by atoms with Crippen LogP contribution in [0.5, 0.6) is 0 Å². The summed E-state index contributed by atoms with van der Waals surface area (Å²) in [6.07, 6.45) is 5.61. The van der Waals surface area contributed by atoms with Gasteiger partial charge in [-0.1, -0.05) is 23.8 Å². The first-order chi connectivity index (χ1) is 15.6. The van der Waals surface area contributed by atoms with Crippen molar-refractivity contribution >= 4 is 44.2 Å². The molecule has 10 heteroatoms. The maximum atomic E-state index is 12.5. The lowest BCUT2D eigenvalue weighted by atomic mass is 10.1. The molecular weight excluding hydrogens is 428 g/mol. The zero-order valence-electron chi connectivity index (χ0n) is 17.4. The Kier molecular flexibility index (Phi) is 5.52. The van der Waals surface area contributed by atoms with Crippen LogP contribution < -0.4 is 11.3 Å². The first-order valence-electron chi connectivity index (χ1n) is 10.6. The quantitative estimate of drug-likeness (QED) is 0.363. The highest BCUT2D eigenvalue weighted by Crippen LogP contribution is 2.37. The van der Waals surface area contributed by atoms with Crippen LogP contribution in [-0.2, 0) is 35.5 Å². The van der Waals surface area contributed by atoms with E-state index >= 15 is 0 Å². The summed E-state index contributed by atoms with van der Waals surface area (Å²) >= 11 is 1.66. The molecule has 0 aliphatic heterocycles. The second kappa shape index (κ2) is 8.62. The number of thiophene rings is 1. The van der Waals surface area contributed by atoms with Crippen LogP contribution in [0.4, 0.5) is 5.82 Å². The van der Waals surface area contributed by atoms with Gasteiger partial charge in [0.25, 0.3) is 5.56 Å². The molecule has 0 unspecified atom stereocenters. The molecular formula is C22H22N6O3S. The molecule has 32 heavy (non-hydrogen) atoms. The van der Waals surface area contributed by atoms with Crippen molar-refractivity contribution in [3.05, 3.63) is 50.9 Å². The van der Waals surface area contributed by atoms with Gasteiger partial charge in [-0.2, -0.15) is 0 Å². The maximum Gasteiger partial charge on any atom is 0.308 e. The van der Waals surface area contributed by atoms with E-state index in [9.17, 15) is 9.59 Å². The van der Waals surface area contributed by atoms with Gasteiger partial charge in [-0.05, 0) is 43.4 Å². The number of benzene rings is 1. The van der Waals surface area contributed by atoms with Crippen LogP contribution in [0.2, 0.25) is 0 Å². The topological polar surface area (TPSA) is 126 Å². The predicted molar refractivity (Wildman–Crippen MR) is 121 cm³/mol. The van der Waals surface area contributed by atoms with Crippen molar-refractivity contribution in [2.24, 2.45) is 0 Å². The third-order valence-corrected chi connectivity index (χ3v) is 6.84. The summed E-state index contributed by atoms with van der Waals surface area (Å²) in [4.78, 5) is 35.9. The second-order valence-electron chi connectivity index (χ2n) is 7.82. The normalized spacial score (nSPS) is 13.8. The van der Waals surface area contributed by atoms with Crippen LogP contribution in [0.25, 0.3) is 21.1 Å². The Labute approximate surface area is 187 Å². The summed E-state index contributed by atoms with van der Waals surface area (Å²) in [5, 5.41) is 9.32. The minimum absolute atomic E-state index is 0.0159. The highest BCUT2D eigenvalue weighted by atomic mass is 32.1. The average Bonchev–Trinajstić information content (AvgIpc) is 2.99. The van der Waals surface area contributed by atoms with Crippen LogP contribution in [0.1, 0.15) is 41.9 Å². The van der Waals surface area contributed by atoms with E-state index in [4.69, 9.17) is 10.5 Å². The molecule has 0 bridgehead atoms. The number of anilines is 1. The number of fused-ring (bicyclic) bond motifs is 4. The molecule has 0 radical (unpaired) electrons. The van der Waals surface area contributed by atoms with Crippen LogP contribution in [0, 0.1) is 0 Å². The Balaban J connectivity index is 1.25. The predicted octanol–water partition coefficient (Wildman–Crippen LogP) is 2.78. The van der Waals surface area contributed by atoms with Crippen molar-refractivity contribution in [1.82, 2.24) is 25.0 Å². The van der Waals surface area contributed by atoms with E-state index in [1.54, 1.807) is 35.6 Å². The minimum atomic E-state index is -0.476. The molecule has 3 aromatic heterocycles. The summed E-state index contributed by atoms with van der Waals surface area (Å²) in [6.45, 7) is 0.00894. The van der Waals surface area contributed by atoms with Gasteiger partial charge in [0.2, 0.25) is 0 Å². The number of nitrogens with zero attached hydrogens (tertiary/aromatic N) is 5. The Morgan fingerprint density at radius 1 is 1.16 bits per heavy atom. The minimum Gasteiger partial charge on any atom is -0.457 e. The smallest absolute Gasteiger partial charge is 0.308 e. The van der Waals surface area contributed by atoms with Crippen molar-refractivity contribution < 1.29 is 9.53 Å². The zero-order chi connectivity index (χ0) is 22.1. The third-order valence-electron chi connectivity index (χ3n) is 5.66. The summed E-state index contributed by atoms with van der Waals surface area (Å²) < 4.78 is 6.49. The van der Waals surface area contributed by atoms with Gasteiger partial charge in [-0.15, -0.1) is 16.4 Å². The molecule has 1 aromatic carbocycles. The van der Waals surface area contributed by atoms with E-state index in [0.29, 0.717) is 22.5 Å². The number of carbonyl (C=O) groups excluding carboxylic acids is 1. The van der Waals surface area contributed by atoms with Gasteiger partial charge < -0.3 is 10.5 Å². The lowest BCUT2D eigenvalue weighted by Crippen LogP contribution is -2.25. The highest BCUT2D eigenvalue weighted by Gasteiger charge is 2.19. The summed E-state index contributed by atoms with van der Waals surface area (Å²) in [5.74, 6) is 0.344. The molecule has 0 saturated carbocycles. The zero-order valence-corrected chi connectivity index (χ0v) is 18.2. The molecule has 9 nitrogen and oxygen atoms in total. The number of aromatic nitrogens is 5. The van der Waals surface area contributed by atoms with Gasteiger partial charge in [0, 0.05) is 4.88 Å². The number of rotatable bonds is 5. The van der Waals surface area contributed by atoms with Gasteiger partial charge in [0.05, 0.1) is 23.7 Å². The number of hydrogen-bond donors (Lipinski definition) is 1. The first kappa shape index (κ1) is 20.5. The van der Waals surface area contributed by atoms with E-state index in [-0.39, 0.29) is 25.1 Å². The summed E-state index contributed by atoms with van der Waals surface area (Å²) in [6, 6.07) is 6.95. The molecule has 0 saturated heterocycles. The molecule has 0 amide bonds. The lowest BCUT2D eigenvalue weighted by Gasteiger charge is -2.07. The SMILES string of the molecule is Nc1nc(COC(=O)CCn2nnc3ccccc3c2=O)nc2sc3c(c12)CCCCC3. The fraction of sp³-hybridized carbons (Fsp3) is 0.364. The lowest BCUT2D eigenvalue weighted by molar-refractivity contribution is -0.145. The number of esters is 1. The Morgan fingerprint density at radius 2 is 2.00 bits per heavy atom. The molecule has 2 N–H and O–H groups in total. The van der Waals surface area contributed by atoms with Crippen LogP contribution in [-0.4, -0.2) is 30.9 Å². The fourth-order valence-corrected chi connectivity index (χ4v) is 5.35. The van der Waals surface area contributed by atoms with Crippen molar-refractivity contribution in [2.45, 2.75) is 51.7 Å². The standard InChI is InChI=1S/C22H22N6O3S/c23-20-19-14-7-2-1-3-9-16(14)32-21(19)25-17(24-20)12-31-18(29)10-11-28-22(30)13-6-4-5-8-15(13)26-27-28/h4-6,8H,1-3,7,9-12H2,(H2,23,24,25). The van der Waals surface area contributed by atoms with Crippen molar-refractivity contribution in [1.29, 1.82) is 0 Å². The Hall–Kier alpha value is -3.40. The van der Waals surface area contributed by atoms with E-state index in [0.717, 1.165) is 29.5 Å². The van der Waals surface area contributed by atoms with Crippen molar-refractivity contribution in [2.75, 3.05) is 5.73 Å². The van der Waals surface area contributed by atoms with Crippen LogP contribution in [0.3, 0.4) is 0 Å². The van der Waals surface area contributed by atoms with Gasteiger partial charge in [-0.3, -0.25) is 9.59 Å². The summed E-state index contributed by atoms with van der Waals surface area (Å²) in [7, 11) is 0. The highest BCUT2D eigenvalue weighted by molar-refractivity contribution is 7.19. The van der Waals surface area contributed by atoms with E-state index < -0.39 is 5.97 Å². The van der Waals surface area contributed by atoms with Gasteiger partial charge in [0.1, 0.15) is 16.2 Å². The largest absolute Gasteiger partial charge is 0.457 e. The number of nitrogens with two attached hydrogens (primary N) is 1. The Bertz CT molecular complexity index is 1380. The molecule has 5 rings (SSSR count). The first-order valence-corrected chi connectivity index (χ1v) is 11.5. The average molecular weight is 451 g/mol. The molecule has 4 aromatic rings. The summed E-state index contributed by atoms with van der Waals surface area (Å²) in [5.41, 5.74) is 7.76. The molecule has 164 valence electrons. The molecule has 0 spiro atoms. The van der Waals surface area contributed by atoms with Gasteiger partial charge in [0.15, 0.2) is 12.4 Å². The number of ether oxygens (including phenoxy) is 1. The number of carbonyl (C=O) groups is 1. The number of aryl methyl sites for hydroxylation is 3. The van der Waals surface area contributed by atoms with Crippen molar-refractivity contribution in [3.63, 3.8) is 0 Å². The molecule has 0 fully saturated rings. The maximum absolute atomic E-state index is 12.5. The van der Waals surface area contributed by atoms with Crippen LogP contribution >= 0.6 is 11.3 Å². The second-order valence-corrected chi connectivity index (χ2v) is 8.90.